The fraction of sp³-hybridized carbons (Fsp3) is 0.200. The lowest BCUT2D eigenvalue weighted by molar-refractivity contribution is -0.683. The van der Waals surface area contributed by atoms with Crippen LogP contribution in [0.3, 0.4) is 0 Å². The van der Waals surface area contributed by atoms with Crippen molar-refractivity contribution in [3.63, 3.8) is 0 Å². The minimum atomic E-state index is -0.0746. The largest absolute Gasteiger partial charge is 1.00 e. The highest BCUT2D eigenvalue weighted by Gasteiger charge is 2.15. The van der Waals surface area contributed by atoms with Crippen molar-refractivity contribution in [1.82, 2.24) is 9.78 Å². The summed E-state index contributed by atoms with van der Waals surface area (Å²) in [6.07, 6.45) is 3.17. The third-order valence-corrected chi connectivity index (χ3v) is 4.09. The highest BCUT2D eigenvalue weighted by atomic mass is 79.9. The highest BCUT2D eigenvalue weighted by Crippen LogP contribution is 2.13. The van der Waals surface area contributed by atoms with Gasteiger partial charge < -0.3 is 26.5 Å². The number of carbonyl (C=O) groups excluding carboxylic acids is 2. The lowest BCUT2D eigenvalue weighted by atomic mass is 10.1. The molecule has 1 aromatic heterocycles. The summed E-state index contributed by atoms with van der Waals surface area (Å²) < 4.78 is 13.3. The van der Waals surface area contributed by atoms with Crippen molar-refractivity contribution in [3.05, 3.63) is 72.3 Å². The summed E-state index contributed by atoms with van der Waals surface area (Å²) in [5.41, 5.74) is 1.16. The predicted octanol–water partition coefficient (Wildman–Crippen LogP) is -1.04. The number of ketones is 2. The molecule has 0 aliphatic rings. The van der Waals surface area contributed by atoms with Gasteiger partial charge in [-0.15, -0.1) is 4.68 Å². The van der Waals surface area contributed by atoms with E-state index in [-0.39, 0.29) is 41.6 Å². The van der Waals surface area contributed by atoms with Gasteiger partial charge in [0, 0.05) is 16.2 Å². The highest BCUT2D eigenvalue weighted by molar-refractivity contribution is 5.96. The molecule has 3 rings (SSSR count). The predicted molar refractivity (Wildman–Crippen MR) is 97.1 cm³/mol. The van der Waals surface area contributed by atoms with Crippen molar-refractivity contribution in [3.8, 4) is 11.5 Å². The number of Topliss-reactive ketones (excluding diaryl/α,β-unsaturated/α-hetero) is 2. The van der Waals surface area contributed by atoms with Crippen LogP contribution in [0.4, 0.5) is 0 Å². The minimum absolute atomic E-state index is 0. The molecule has 8 heteroatoms. The van der Waals surface area contributed by atoms with Gasteiger partial charge >= 0.3 is 0 Å². The summed E-state index contributed by atoms with van der Waals surface area (Å²) in [5.74, 6) is 1.27. The van der Waals surface area contributed by atoms with Crippen LogP contribution in [0, 0.1) is 0 Å². The van der Waals surface area contributed by atoms with E-state index in [9.17, 15) is 9.59 Å². The van der Waals surface area contributed by atoms with E-state index in [4.69, 9.17) is 9.47 Å². The van der Waals surface area contributed by atoms with Crippen LogP contribution in [-0.4, -0.2) is 35.6 Å². The number of hydrogen-bond acceptors (Lipinski definition) is 5. The Bertz CT molecular complexity index is 861. The van der Waals surface area contributed by atoms with Crippen molar-refractivity contribution >= 4 is 11.6 Å². The van der Waals surface area contributed by atoms with Crippen LogP contribution < -0.4 is 31.0 Å². The first-order valence-corrected chi connectivity index (χ1v) is 8.35. The molecule has 0 amide bonds. The van der Waals surface area contributed by atoms with Gasteiger partial charge in [-0.3, -0.25) is 9.59 Å². The number of ether oxygens (including phenoxy) is 2. The Kier molecular flexibility index (Phi) is 7.45. The number of benzene rings is 2. The molecule has 28 heavy (non-hydrogen) atoms. The summed E-state index contributed by atoms with van der Waals surface area (Å²) in [5, 5.41) is 4.15. The zero-order chi connectivity index (χ0) is 19.2. The summed E-state index contributed by atoms with van der Waals surface area (Å²) in [4.78, 5) is 24.7. The van der Waals surface area contributed by atoms with Gasteiger partial charge in [-0.05, 0) is 48.5 Å². The van der Waals surface area contributed by atoms with Crippen molar-refractivity contribution < 1.29 is 40.6 Å². The van der Waals surface area contributed by atoms with Gasteiger partial charge in [0.2, 0.25) is 6.33 Å². The molecule has 1 heterocycles. The topological polar surface area (TPSA) is 74.3 Å². The first kappa shape index (κ1) is 21.3. The van der Waals surface area contributed by atoms with E-state index < -0.39 is 0 Å². The number of aromatic nitrogens is 3. The fourth-order valence-corrected chi connectivity index (χ4v) is 2.58. The number of halogens is 1. The van der Waals surface area contributed by atoms with E-state index in [1.165, 1.54) is 11.0 Å². The molecule has 0 saturated carbocycles. The number of nitrogens with zero attached hydrogens (tertiary/aromatic N) is 3. The molecule has 0 bridgehead atoms. The lowest BCUT2D eigenvalue weighted by Gasteiger charge is -2.02. The number of carbonyl (C=O) groups is 2. The Balaban J connectivity index is 0.00000280. The smallest absolute Gasteiger partial charge is 0.265 e. The molecular formula is C20H20BrN3O4. The molecule has 0 aliphatic carbocycles. The first-order chi connectivity index (χ1) is 13.1. The van der Waals surface area contributed by atoms with E-state index in [1.807, 2.05) is 0 Å². The SMILES string of the molecule is COc1ccc(C(=O)Cn2c[n+](CC(=O)c3ccc(OC)cc3)cn2)cc1.[Br-]. The average molecular weight is 446 g/mol. The van der Waals surface area contributed by atoms with Crippen molar-refractivity contribution in [2.45, 2.75) is 13.1 Å². The zero-order valence-electron chi connectivity index (χ0n) is 15.5. The van der Waals surface area contributed by atoms with Gasteiger partial charge in [-0.25, -0.2) is 4.57 Å². The van der Waals surface area contributed by atoms with Gasteiger partial charge in [0.1, 0.15) is 18.0 Å². The molecule has 2 aromatic carbocycles. The summed E-state index contributed by atoms with van der Waals surface area (Å²) >= 11 is 0. The van der Waals surface area contributed by atoms with Gasteiger partial charge in [0.15, 0.2) is 18.1 Å². The molecule has 0 aliphatic heterocycles. The molecule has 0 unspecified atom stereocenters. The van der Waals surface area contributed by atoms with Gasteiger partial charge in [0.25, 0.3) is 6.33 Å². The number of hydrogen-bond donors (Lipinski definition) is 0. The maximum atomic E-state index is 12.3. The molecule has 0 fully saturated rings. The Hall–Kier alpha value is -3.00. The van der Waals surface area contributed by atoms with Crippen LogP contribution >= 0.6 is 0 Å². The molecule has 146 valence electrons. The van der Waals surface area contributed by atoms with Crippen LogP contribution in [-0.2, 0) is 13.1 Å². The number of methoxy groups -OCH3 is 2. The molecule has 7 nitrogen and oxygen atoms in total. The van der Waals surface area contributed by atoms with Crippen LogP contribution in [0.5, 0.6) is 11.5 Å². The van der Waals surface area contributed by atoms with Gasteiger partial charge in [0.05, 0.1) is 14.2 Å². The monoisotopic (exact) mass is 445 g/mol. The second kappa shape index (κ2) is 9.80. The second-order valence-electron chi connectivity index (χ2n) is 5.92. The van der Waals surface area contributed by atoms with E-state index in [0.717, 1.165) is 0 Å². The standard InChI is InChI=1S/C20H20N3O4.BrH/c1-26-17-7-3-15(4-8-17)19(24)11-22-13-21-23(14-22)12-20(25)16-5-9-18(27-2)10-6-16;/h3-10,13-14H,11-12H2,1-2H3;1H/q+1;/p-1. The summed E-state index contributed by atoms with van der Waals surface area (Å²) in [6, 6.07) is 13.8. The third-order valence-electron chi connectivity index (χ3n) is 4.09. The van der Waals surface area contributed by atoms with Crippen LogP contribution in [0.2, 0.25) is 0 Å². The first-order valence-electron chi connectivity index (χ1n) is 8.35. The van der Waals surface area contributed by atoms with Crippen LogP contribution in [0.15, 0.2) is 61.2 Å². The van der Waals surface area contributed by atoms with Gasteiger partial charge in [-0.2, -0.15) is 0 Å². The fourth-order valence-electron chi connectivity index (χ4n) is 2.58. The third kappa shape index (κ3) is 5.26. The summed E-state index contributed by atoms with van der Waals surface area (Å²) in [6.45, 7) is 0.235. The minimum Gasteiger partial charge on any atom is -1.00 e. The Labute approximate surface area is 173 Å². The molecule has 0 N–H and O–H groups in total. The van der Waals surface area contributed by atoms with E-state index in [1.54, 1.807) is 73.6 Å². The molecule has 0 radical (unpaired) electrons. The molecular weight excluding hydrogens is 426 g/mol. The van der Waals surface area contributed by atoms with Crippen LogP contribution in [0.25, 0.3) is 0 Å². The Morgan fingerprint density at radius 3 is 1.89 bits per heavy atom. The van der Waals surface area contributed by atoms with Crippen LogP contribution in [0.1, 0.15) is 20.7 Å². The summed E-state index contributed by atoms with van der Waals surface area (Å²) in [7, 11) is 3.15. The lowest BCUT2D eigenvalue weighted by Crippen LogP contribution is -3.00. The number of rotatable bonds is 8. The normalized spacial score (nSPS) is 10.1. The maximum Gasteiger partial charge on any atom is 0.265 e. The Morgan fingerprint density at radius 1 is 0.893 bits per heavy atom. The van der Waals surface area contributed by atoms with Crippen molar-refractivity contribution in [1.29, 1.82) is 0 Å². The van der Waals surface area contributed by atoms with Crippen molar-refractivity contribution in [2.24, 2.45) is 0 Å². The maximum absolute atomic E-state index is 12.3. The quantitative estimate of drug-likeness (QED) is 0.327. The van der Waals surface area contributed by atoms with Crippen molar-refractivity contribution in [2.75, 3.05) is 14.2 Å². The zero-order valence-corrected chi connectivity index (χ0v) is 17.1. The molecule has 0 spiro atoms. The second-order valence-corrected chi connectivity index (χ2v) is 5.92. The van der Waals surface area contributed by atoms with E-state index in [2.05, 4.69) is 5.10 Å². The molecule has 0 atom stereocenters. The van der Waals surface area contributed by atoms with E-state index in [0.29, 0.717) is 22.6 Å². The Morgan fingerprint density at radius 2 is 1.39 bits per heavy atom. The van der Waals surface area contributed by atoms with E-state index >= 15 is 0 Å². The molecule has 0 saturated heterocycles. The molecule has 3 aromatic rings. The average Bonchev–Trinajstić information content (AvgIpc) is 3.14. The van der Waals surface area contributed by atoms with Gasteiger partial charge in [-0.1, -0.05) is 0 Å².